The Hall–Kier alpha value is -3.87. The molecular formula is C27H28FN5O. The summed E-state index contributed by atoms with van der Waals surface area (Å²) in [7, 11) is 0. The molecule has 3 heterocycles. The number of hydrogen-bond donors (Lipinski definition) is 1. The van der Waals surface area contributed by atoms with Crippen LogP contribution in [-0.4, -0.2) is 41.5 Å². The lowest BCUT2D eigenvalue weighted by Gasteiger charge is -2.37. The molecule has 0 spiro atoms. The molecule has 0 bridgehead atoms. The molecule has 1 aliphatic heterocycles. The van der Waals surface area contributed by atoms with Crippen LogP contribution in [0.15, 0.2) is 72.9 Å². The topological polar surface area (TPSA) is 52.9 Å². The number of piperazine rings is 1. The smallest absolute Gasteiger partial charge is 0.270 e. The van der Waals surface area contributed by atoms with E-state index in [-0.39, 0.29) is 11.7 Å². The minimum atomic E-state index is -0.206. The lowest BCUT2D eigenvalue weighted by Crippen LogP contribution is -2.46. The summed E-state index contributed by atoms with van der Waals surface area (Å²) in [5, 5.41) is 3.05. The zero-order chi connectivity index (χ0) is 23.5. The Balaban J connectivity index is 1.19. The third kappa shape index (κ3) is 4.46. The first-order chi connectivity index (χ1) is 16.6. The first-order valence-corrected chi connectivity index (χ1v) is 11.7. The fraction of sp³-hybridized carbons (Fsp3) is 0.259. The lowest BCUT2D eigenvalue weighted by molar-refractivity contribution is 0.0944. The zero-order valence-corrected chi connectivity index (χ0v) is 19.2. The number of fused-ring (bicyclic) bond motifs is 1. The second kappa shape index (κ2) is 9.55. The first kappa shape index (κ1) is 21.9. The van der Waals surface area contributed by atoms with Crippen molar-refractivity contribution < 1.29 is 9.18 Å². The average molecular weight is 458 g/mol. The van der Waals surface area contributed by atoms with Crippen molar-refractivity contribution in [3.05, 3.63) is 95.7 Å². The van der Waals surface area contributed by atoms with Gasteiger partial charge in [-0.1, -0.05) is 25.1 Å². The summed E-state index contributed by atoms with van der Waals surface area (Å²) in [5.74, 6) is -0.320. The first-order valence-electron chi connectivity index (χ1n) is 11.7. The van der Waals surface area contributed by atoms with Crippen molar-refractivity contribution in [2.75, 3.05) is 36.0 Å². The van der Waals surface area contributed by atoms with Crippen LogP contribution >= 0.6 is 0 Å². The normalized spacial score (nSPS) is 13.9. The quantitative estimate of drug-likeness (QED) is 0.469. The van der Waals surface area contributed by atoms with E-state index >= 15 is 0 Å². The number of amides is 1. The summed E-state index contributed by atoms with van der Waals surface area (Å²) < 4.78 is 15.0. The number of carbonyl (C=O) groups is 1. The number of nitrogens with one attached hydrogen (secondary N) is 1. The molecule has 0 saturated carbocycles. The van der Waals surface area contributed by atoms with E-state index < -0.39 is 0 Å². The summed E-state index contributed by atoms with van der Waals surface area (Å²) in [6.45, 7) is 6.06. The zero-order valence-electron chi connectivity index (χ0n) is 19.2. The van der Waals surface area contributed by atoms with Gasteiger partial charge in [0.2, 0.25) is 0 Å². The summed E-state index contributed by atoms with van der Waals surface area (Å²) in [5.41, 5.74) is 5.48. The molecule has 7 heteroatoms. The van der Waals surface area contributed by atoms with Crippen LogP contribution in [-0.2, 0) is 13.0 Å². The van der Waals surface area contributed by atoms with Gasteiger partial charge in [-0.3, -0.25) is 9.20 Å². The standard InChI is InChI=1S/C27H28FN5O/c1-2-24-26(33-14-4-3-5-25(33)30-24)27(34)29-19-20-6-10-22(11-7-20)31-15-17-32(18-16-31)23-12-8-21(28)9-13-23/h3-14H,2,15-19H2,1H3,(H,29,34). The minimum absolute atomic E-state index is 0.114. The van der Waals surface area contributed by atoms with E-state index in [1.165, 1.54) is 17.8 Å². The van der Waals surface area contributed by atoms with Crippen LogP contribution in [0.25, 0.3) is 5.65 Å². The molecule has 5 rings (SSSR count). The second-order valence-corrected chi connectivity index (χ2v) is 8.49. The summed E-state index contributed by atoms with van der Waals surface area (Å²) >= 11 is 0. The van der Waals surface area contributed by atoms with Crippen molar-refractivity contribution in [2.24, 2.45) is 0 Å². The van der Waals surface area contributed by atoms with Crippen LogP contribution in [0.1, 0.15) is 28.7 Å². The Morgan fingerprint density at radius 1 is 0.912 bits per heavy atom. The number of aromatic nitrogens is 2. The Morgan fingerprint density at radius 3 is 2.15 bits per heavy atom. The summed E-state index contributed by atoms with van der Waals surface area (Å²) in [6.07, 6.45) is 2.58. The predicted molar refractivity (Wildman–Crippen MR) is 133 cm³/mol. The molecule has 1 saturated heterocycles. The van der Waals surface area contributed by atoms with E-state index in [0.717, 1.165) is 48.8 Å². The third-order valence-corrected chi connectivity index (χ3v) is 6.38. The van der Waals surface area contributed by atoms with Gasteiger partial charge in [0.15, 0.2) is 0 Å². The molecule has 1 amide bonds. The fourth-order valence-electron chi connectivity index (χ4n) is 4.50. The second-order valence-electron chi connectivity index (χ2n) is 8.49. The molecule has 0 unspecified atom stereocenters. The number of pyridine rings is 1. The highest BCUT2D eigenvalue weighted by atomic mass is 19.1. The van der Waals surface area contributed by atoms with Crippen LogP contribution in [0, 0.1) is 5.82 Å². The molecule has 2 aromatic heterocycles. The summed E-state index contributed by atoms with van der Waals surface area (Å²) in [6, 6.07) is 20.8. The maximum atomic E-state index is 13.2. The molecule has 34 heavy (non-hydrogen) atoms. The monoisotopic (exact) mass is 457 g/mol. The Kier molecular flexibility index (Phi) is 6.16. The van der Waals surface area contributed by atoms with E-state index in [4.69, 9.17) is 0 Å². The van der Waals surface area contributed by atoms with Crippen molar-refractivity contribution in [1.29, 1.82) is 0 Å². The average Bonchev–Trinajstić information content (AvgIpc) is 3.27. The van der Waals surface area contributed by atoms with E-state index in [0.29, 0.717) is 18.7 Å². The lowest BCUT2D eigenvalue weighted by atomic mass is 10.1. The van der Waals surface area contributed by atoms with Crippen molar-refractivity contribution in [2.45, 2.75) is 19.9 Å². The van der Waals surface area contributed by atoms with Crippen LogP contribution in [0.3, 0.4) is 0 Å². The number of imidazole rings is 1. The molecular weight excluding hydrogens is 429 g/mol. The van der Waals surface area contributed by atoms with Crippen molar-refractivity contribution in [3.63, 3.8) is 0 Å². The van der Waals surface area contributed by atoms with Gasteiger partial charge in [0.1, 0.15) is 17.2 Å². The highest BCUT2D eigenvalue weighted by Gasteiger charge is 2.19. The number of benzene rings is 2. The van der Waals surface area contributed by atoms with Crippen molar-refractivity contribution in [3.8, 4) is 0 Å². The van der Waals surface area contributed by atoms with Gasteiger partial charge in [-0.15, -0.1) is 0 Å². The number of anilines is 2. The van der Waals surface area contributed by atoms with Gasteiger partial charge in [0, 0.05) is 50.3 Å². The predicted octanol–water partition coefficient (Wildman–Crippen LogP) is 4.29. The molecule has 2 aromatic carbocycles. The Bertz CT molecular complexity index is 1270. The van der Waals surface area contributed by atoms with Crippen LogP contribution in [0.2, 0.25) is 0 Å². The highest BCUT2D eigenvalue weighted by molar-refractivity contribution is 5.94. The van der Waals surface area contributed by atoms with E-state index in [1.807, 2.05) is 47.9 Å². The number of rotatable bonds is 6. The number of aryl methyl sites for hydroxylation is 1. The number of carbonyl (C=O) groups excluding carboxylic acids is 1. The molecule has 0 atom stereocenters. The summed E-state index contributed by atoms with van der Waals surface area (Å²) in [4.78, 5) is 22.2. The van der Waals surface area contributed by atoms with Crippen molar-refractivity contribution in [1.82, 2.24) is 14.7 Å². The van der Waals surface area contributed by atoms with Crippen LogP contribution < -0.4 is 15.1 Å². The Morgan fingerprint density at radius 2 is 1.53 bits per heavy atom. The largest absolute Gasteiger partial charge is 0.368 e. The van der Waals surface area contributed by atoms with Gasteiger partial charge in [-0.05, 0) is 60.5 Å². The maximum Gasteiger partial charge on any atom is 0.270 e. The molecule has 4 aromatic rings. The highest BCUT2D eigenvalue weighted by Crippen LogP contribution is 2.21. The molecule has 174 valence electrons. The number of halogens is 1. The minimum Gasteiger partial charge on any atom is -0.368 e. The van der Waals surface area contributed by atoms with E-state index in [2.05, 4.69) is 44.4 Å². The molecule has 1 aliphatic rings. The molecule has 0 aliphatic carbocycles. The van der Waals surface area contributed by atoms with Crippen LogP contribution in [0.4, 0.5) is 15.8 Å². The van der Waals surface area contributed by atoms with E-state index in [1.54, 1.807) is 0 Å². The van der Waals surface area contributed by atoms with E-state index in [9.17, 15) is 9.18 Å². The molecule has 6 nitrogen and oxygen atoms in total. The van der Waals surface area contributed by atoms with Gasteiger partial charge in [-0.25, -0.2) is 9.37 Å². The number of hydrogen-bond acceptors (Lipinski definition) is 4. The maximum absolute atomic E-state index is 13.2. The van der Waals surface area contributed by atoms with Gasteiger partial charge >= 0.3 is 0 Å². The Labute approximate surface area is 198 Å². The van der Waals surface area contributed by atoms with Gasteiger partial charge in [0.25, 0.3) is 5.91 Å². The SMILES string of the molecule is CCc1nc2ccccn2c1C(=O)NCc1ccc(N2CCN(c3ccc(F)cc3)CC2)cc1. The molecule has 0 radical (unpaired) electrons. The van der Waals surface area contributed by atoms with Gasteiger partial charge in [-0.2, -0.15) is 0 Å². The van der Waals surface area contributed by atoms with Gasteiger partial charge < -0.3 is 15.1 Å². The van der Waals surface area contributed by atoms with Crippen molar-refractivity contribution >= 4 is 22.9 Å². The van der Waals surface area contributed by atoms with Crippen LogP contribution in [0.5, 0.6) is 0 Å². The number of nitrogens with zero attached hydrogens (tertiary/aromatic N) is 4. The fourth-order valence-corrected chi connectivity index (χ4v) is 4.50. The molecule has 1 N–H and O–H groups in total. The molecule has 1 fully saturated rings. The van der Waals surface area contributed by atoms with Gasteiger partial charge in [0.05, 0.1) is 5.69 Å². The third-order valence-electron chi connectivity index (χ3n) is 6.38.